The fraction of sp³-hybridized carbons (Fsp3) is 0.735. The van der Waals surface area contributed by atoms with Crippen LogP contribution in [-0.2, 0) is 36.7 Å². The summed E-state index contributed by atoms with van der Waals surface area (Å²) in [6.07, 6.45) is 9.68. The summed E-state index contributed by atoms with van der Waals surface area (Å²) >= 11 is 6.12. The molecule has 0 amide bonds. The maximum absolute atomic E-state index is 14.2. The van der Waals surface area contributed by atoms with Gasteiger partial charge in [0.1, 0.15) is 11.7 Å². The second-order valence-electron chi connectivity index (χ2n) is 22.4. The molecule has 5 aliphatic rings. The first-order chi connectivity index (χ1) is 26.9. The number of ketones is 1. The zero-order valence-electron chi connectivity index (χ0n) is 37.4. The van der Waals surface area contributed by atoms with Crippen LogP contribution in [0.5, 0.6) is 0 Å². The Bertz CT molecular complexity index is 1970. The molecular formula is C49H69ClN2O6. The summed E-state index contributed by atoms with van der Waals surface area (Å²) in [6, 6.07) is 7.74. The molecular weight excluding hydrogens is 748 g/mol. The number of fused-ring (bicyclic) bond motifs is 7. The van der Waals surface area contributed by atoms with Gasteiger partial charge in [-0.1, -0.05) is 77.8 Å². The minimum atomic E-state index is -0.975. The van der Waals surface area contributed by atoms with E-state index in [9.17, 15) is 14.4 Å². The van der Waals surface area contributed by atoms with Crippen molar-refractivity contribution in [2.24, 2.45) is 56.2 Å². The third kappa shape index (κ3) is 7.21. The van der Waals surface area contributed by atoms with Gasteiger partial charge in [-0.15, -0.1) is 10.2 Å². The number of benzene rings is 1. The van der Waals surface area contributed by atoms with E-state index in [1.54, 1.807) is 13.8 Å². The van der Waals surface area contributed by atoms with E-state index in [1.165, 1.54) is 5.57 Å². The number of aromatic nitrogens is 2. The van der Waals surface area contributed by atoms with Crippen LogP contribution in [0.4, 0.5) is 0 Å². The average molecular weight is 818 g/mol. The molecule has 0 aliphatic heterocycles. The molecule has 0 saturated heterocycles. The van der Waals surface area contributed by atoms with Crippen molar-refractivity contribution >= 4 is 29.3 Å². The molecule has 9 heteroatoms. The predicted molar refractivity (Wildman–Crippen MR) is 226 cm³/mol. The molecule has 318 valence electrons. The Morgan fingerprint density at radius 3 is 2.19 bits per heavy atom. The van der Waals surface area contributed by atoms with E-state index in [4.69, 9.17) is 25.5 Å². The Labute approximate surface area is 352 Å². The van der Waals surface area contributed by atoms with Gasteiger partial charge in [0.25, 0.3) is 0 Å². The number of hydrogen-bond acceptors (Lipinski definition) is 8. The number of allylic oxidation sites excluding steroid dienone is 2. The van der Waals surface area contributed by atoms with Crippen molar-refractivity contribution < 1.29 is 28.3 Å². The first-order valence-corrected chi connectivity index (χ1v) is 22.5. The fourth-order valence-corrected chi connectivity index (χ4v) is 13.8. The summed E-state index contributed by atoms with van der Waals surface area (Å²) in [7, 11) is 0. The second-order valence-corrected chi connectivity index (χ2v) is 22.9. The third-order valence-electron chi connectivity index (χ3n) is 16.6. The zero-order valence-corrected chi connectivity index (χ0v) is 38.2. The van der Waals surface area contributed by atoms with Gasteiger partial charge in [0, 0.05) is 28.7 Å². The number of carbonyl (C=O) groups excluding carboxylic acids is 3. The minimum absolute atomic E-state index is 0.00779. The largest absolute Gasteiger partial charge is 0.462 e. The first-order valence-electron chi connectivity index (χ1n) is 22.1. The van der Waals surface area contributed by atoms with Crippen LogP contribution < -0.4 is 0 Å². The normalized spacial score (nSPS) is 34.6. The topological polar surface area (TPSA) is 109 Å². The van der Waals surface area contributed by atoms with Crippen LogP contribution in [0.1, 0.15) is 165 Å². The number of halogens is 1. The smallest absolute Gasteiger partial charge is 0.312 e. The van der Waals surface area contributed by atoms with E-state index in [0.717, 1.165) is 62.5 Å². The lowest BCUT2D eigenvalue weighted by atomic mass is 9.33. The highest BCUT2D eigenvalue weighted by Crippen LogP contribution is 2.77. The van der Waals surface area contributed by atoms with Crippen LogP contribution in [0.3, 0.4) is 0 Å². The van der Waals surface area contributed by atoms with Gasteiger partial charge in [0.05, 0.1) is 18.3 Å². The first kappa shape index (κ1) is 43.1. The quantitative estimate of drug-likeness (QED) is 0.230. The number of hydrogen-bond donors (Lipinski definition) is 0. The molecule has 1 aromatic carbocycles. The maximum Gasteiger partial charge on any atom is 0.312 e. The summed E-state index contributed by atoms with van der Waals surface area (Å²) in [6.45, 7) is 25.8. The lowest BCUT2D eigenvalue weighted by molar-refractivity contribution is -0.233. The van der Waals surface area contributed by atoms with Crippen molar-refractivity contribution in [2.45, 2.75) is 172 Å². The summed E-state index contributed by atoms with van der Waals surface area (Å²) in [5.41, 5.74) is 1.63. The lowest BCUT2D eigenvalue weighted by Gasteiger charge is -2.72. The van der Waals surface area contributed by atoms with E-state index in [2.05, 4.69) is 58.7 Å². The number of carbonyl (C=O) groups is 3. The number of rotatable bonds is 9. The van der Waals surface area contributed by atoms with Crippen molar-refractivity contribution in [3.8, 4) is 0 Å². The molecule has 1 heterocycles. The van der Waals surface area contributed by atoms with Crippen LogP contribution in [-0.4, -0.2) is 39.6 Å². The van der Waals surface area contributed by atoms with Crippen LogP contribution in [0.2, 0.25) is 5.02 Å². The van der Waals surface area contributed by atoms with Gasteiger partial charge in [-0.2, -0.15) is 0 Å². The van der Waals surface area contributed by atoms with E-state index in [1.807, 2.05) is 45.0 Å². The lowest BCUT2D eigenvalue weighted by Crippen LogP contribution is -2.65. The van der Waals surface area contributed by atoms with E-state index in [-0.39, 0.29) is 57.5 Å². The molecule has 7 rings (SSSR count). The second kappa shape index (κ2) is 14.6. The summed E-state index contributed by atoms with van der Waals surface area (Å²) < 4.78 is 18.4. The standard InChI is InChI=1S/C49H69ClN2O6/c1-29(2)40-33(53)26-49(27-38-52-51-37(57-38)25-30-13-15-31(50)16-14-30)24-23-47(11)32(41(40)49)17-18-35-46(10)21-20-36(45(8,9)34(46)19-22-48(35,47)12)56-39(54)28-44(6,7)42(55)58-43(3,4)5/h13-16,29,32,34-36H,17-28H2,1-12H3/t32-,34+,35-,36+,46+,47-,48-,49+/m1/s1. The van der Waals surface area contributed by atoms with E-state index < -0.39 is 11.0 Å². The van der Waals surface area contributed by atoms with Gasteiger partial charge < -0.3 is 13.9 Å². The van der Waals surface area contributed by atoms with Gasteiger partial charge in [-0.05, 0) is 149 Å². The molecule has 2 aromatic rings. The number of Topliss-reactive ketones (excluding diaryl/α,β-unsaturated/α-hetero) is 1. The molecule has 1 aromatic heterocycles. The molecule has 0 N–H and O–H groups in total. The maximum atomic E-state index is 14.2. The Hall–Kier alpha value is -3.00. The van der Waals surface area contributed by atoms with Crippen molar-refractivity contribution in [2.75, 3.05) is 0 Å². The van der Waals surface area contributed by atoms with Crippen molar-refractivity contribution in [3.63, 3.8) is 0 Å². The summed E-state index contributed by atoms with van der Waals surface area (Å²) in [4.78, 5) is 40.7. The SMILES string of the molecule is CC(C)C1=C2[C@H]3CC[C@@H]4[C@@]5(C)CC[C@H](OC(=O)CC(C)(C)C(=O)OC(C)(C)C)C(C)(C)[C@@H]5CC[C@@]4(C)[C@]3(C)CC[C@@]2(Cc2nnc(Cc3ccc(Cl)cc3)o2)CC1=O. The monoisotopic (exact) mass is 816 g/mol. The molecule has 0 unspecified atom stereocenters. The van der Waals surface area contributed by atoms with E-state index in [0.29, 0.717) is 59.6 Å². The van der Waals surface area contributed by atoms with Crippen molar-refractivity contribution in [1.82, 2.24) is 10.2 Å². The Kier molecular flexibility index (Phi) is 10.8. The molecule has 4 fully saturated rings. The van der Waals surface area contributed by atoms with Crippen LogP contribution >= 0.6 is 11.6 Å². The Morgan fingerprint density at radius 1 is 0.862 bits per heavy atom. The summed E-state index contributed by atoms with van der Waals surface area (Å²) in [5, 5.41) is 9.73. The van der Waals surface area contributed by atoms with Gasteiger partial charge in [0.15, 0.2) is 5.78 Å². The number of ether oxygens (including phenoxy) is 2. The highest BCUT2D eigenvalue weighted by molar-refractivity contribution is 6.30. The highest BCUT2D eigenvalue weighted by atomic mass is 35.5. The Balaban J connectivity index is 1.12. The predicted octanol–water partition coefficient (Wildman–Crippen LogP) is 11.5. The molecule has 0 spiro atoms. The number of esters is 2. The van der Waals surface area contributed by atoms with E-state index >= 15 is 0 Å². The third-order valence-corrected chi connectivity index (χ3v) is 16.8. The number of nitrogens with zero attached hydrogens (tertiary/aromatic N) is 2. The van der Waals surface area contributed by atoms with Gasteiger partial charge >= 0.3 is 11.9 Å². The van der Waals surface area contributed by atoms with Crippen LogP contribution in [0.25, 0.3) is 0 Å². The van der Waals surface area contributed by atoms with Gasteiger partial charge in [-0.3, -0.25) is 14.4 Å². The Morgan fingerprint density at radius 2 is 1.53 bits per heavy atom. The fourth-order valence-electron chi connectivity index (χ4n) is 13.7. The summed E-state index contributed by atoms with van der Waals surface area (Å²) in [5.74, 6) is 2.20. The van der Waals surface area contributed by atoms with Gasteiger partial charge in [0.2, 0.25) is 11.8 Å². The minimum Gasteiger partial charge on any atom is -0.462 e. The zero-order chi connectivity index (χ0) is 42.4. The van der Waals surface area contributed by atoms with Crippen molar-refractivity contribution in [3.05, 3.63) is 57.8 Å². The molecule has 0 bridgehead atoms. The molecule has 0 radical (unpaired) electrons. The molecule has 58 heavy (non-hydrogen) atoms. The average Bonchev–Trinajstić information content (AvgIpc) is 3.66. The van der Waals surface area contributed by atoms with Crippen LogP contribution in [0.15, 0.2) is 39.8 Å². The van der Waals surface area contributed by atoms with Crippen molar-refractivity contribution in [1.29, 1.82) is 0 Å². The molecule has 4 saturated carbocycles. The van der Waals surface area contributed by atoms with Gasteiger partial charge in [-0.25, -0.2) is 0 Å². The van der Waals surface area contributed by atoms with Crippen LogP contribution in [0, 0.1) is 56.2 Å². The molecule has 5 aliphatic carbocycles. The molecule has 8 nitrogen and oxygen atoms in total. The molecule has 8 atom stereocenters. The highest BCUT2D eigenvalue weighted by Gasteiger charge is 2.70.